The molecule has 4 fully saturated rings. The maximum atomic E-state index is 8.50. The minimum absolute atomic E-state index is 0.315. The molecule has 0 saturated carbocycles. The average Bonchev–Trinajstić information content (AvgIpc) is 3.00. The standard InChI is InChI=1S/2C10H18N4O2S4.Mo.2O/c2*17-9(18)13(11-1-5-15-6-2-11)14(10(19)20)12-3-7-16-8-4-12;;;/h2*1-8H2,(H,17,18)(H,19,20);;;/q;;+2;;/p-2. The number of ether oxygens (including phenoxy) is 4. The minimum atomic E-state index is -2.03. The number of hydrazine groups is 6. The zero-order valence-corrected chi connectivity index (χ0v) is 31.8. The van der Waals surface area contributed by atoms with Crippen LogP contribution in [0, 0.1) is 0 Å². The van der Waals surface area contributed by atoms with E-state index in [2.05, 4.69) is 25.3 Å². The Bertz CT molecular complexity index is 816. The summed E-state index contributed by atoms with van der Waals surface area (Å²) < 4.78 is 39.9. The summed E-state index contributed by atoms with van der Waals surface area (Å²) in [7, 11) is 0. The van der Waals surface area contributed by atoms with Crippen molar-refractivity contribution in [2.45, 2.75) is 0 Å². The van der Waals surface area contributed by atoms with E-state index in [9.17, 15) is 0 Å². The van der Waals surface area contributed by atoms with Gasteiger partial charge in [-0.3, -0.25) is 0 Å². The van der Waals surface area contributed by atoms with Gasteiger partial charge in [-0.05, 0) is 33.1 Å². The molecule has 0 aromatic carbocycles. The molecule has 4 heterocycles. The van der Waals surface area contributed by atoms with Crippen LogP contribution in [0.1, 0.15) is 0 Å². The Kier molecular flexibility index (Phi) is 20.6. The van der Waals surface area contributed by atoms with Crippen LogP contribution in [0.25, 0.3) is 0 Å². The Hall–Kier alpha value is 0.668. The Labute approximate surface area is 304 Å². The third kappa shape index (κ3) is 13.4. The first-order valence-corrected chi connectivity index (χ1v) is 17.9. The molecule has 0 unspecified atom stereocenters. The normalized spacial score (nSPS) is 20.1. The second-order valence-corrected chi connectivity index (χ2v) is 13.2. The molecule has 4 saturated heterocycles. The van der Waals surface area contributed by atoms with Gasteiger partial charge < -0.3 is 68.6 Å². The number of rotatable bonds is 4. The summed E-state index contributed by atoms with van der Waals surface area (Å²) in [5, 5.41) is 15.2. The molecule has 43 heavy (non-hydrogen) atoms. The van der Waals surface area contributed by atoms with E-state index in [4.69, 9.17) is 99.9 Å². The molecule has 244 valence electrons. The molecule has 0 N–H and O–H groups in total. The fourth-order valence-electron chi connectivity index (χ4n) is 4.24. The maximum absolute atomic E-state index is 8.50. The molecular weight excluding hydrogens is 801 g/mol. The molecule has 0 bridgehead atoms. The zero-order chi connectivity index (χ0) is 31.8. The Morgan fingerprint density at radius 2 is 0.698 bits per heavy atom. The Morgan fingerprint density at radius 3 is 0.860 bits per heavy atom. The second kappa shape index (κ2) is 22.3. The van der Waals surface area contributed by atoms with Crippen molar-refractivity contribution >= 4 is 117 Å². The van der Waals surface area contributed by atoms with Gasteiger partial charge in [0.05, 0.1) is 52.9 Å². The van der Waals surface area contributed by atoms with Gasteiger partial charge in [-0.1, -0.05) is 0 Å². The van der Waals surface area contributed by atoms with Gasteiger partial charge in [0, 0.05) is 52.4 Å². The summed E-state index contributed by atoms with van der Waals surface area (Å²) in [6, 6.07) is 0. The van der Waals surface area contributed by atoms with Crippen molar-refractivity contribution in [3.05, 3.63) is 0 Å². The number of hydrogen-bond acceptors (Lipinski definition) is 16. The number of nitrogens with zero attached hydrogens (tertiary/aromatic N) is 8. The van der Waals surface area contributed by atoms with Gasteiger partial charge in [0.25, 0.3) is 0 Å². The average molecular weight is 835 g/mol. The fourth-order valence-corrected chi connectivity index (χ4v) is 5.82. The van der Waals surface area contributed by atoms with E-state index in [1.807, 2.05) is 20.0 Å². The molecule has 0 aromatic heterocycles. The van der Waals surface area contributed by atoms with Crippen LogP contribution >= 0.6 is 74.1 Å². The predicted octanol–water partition coefficient (Wildman–Crippen LogP) is -0.147. The third-order valence-corrected chi connectivity index (χ3v) is 7.39. The Balaban J connectivity index is 0.000000275. The predicted molar refractivity (Wildman–Crippen MR) is 181 cm³/mol. The van der Waals surface area contributed by atoms with E-state index in [-0.39, 0.29) is 0 Å². The molecule has 0 amide bonds. The van der Waals surface area contributed by atoms with E-state index in [1.165, 1.54) is 0 Å². The van der Waals surface area contributed by atoms with E-state index >= 15 is 0 Å². The van der Waals surface area contributed by atoms with Gasteiger partial charge in [-0.15, -0.1) is 25.3 Å². The molecule has 4 aliphatic heterocycles. The van der Waals surface area contributed by atoms with Crippen LogP contribution in [0.5, 0.6) is 0 Å². The quantitative estimate of drug-likeness (QED) is 0.129. The number of morpholine rings is 4. The number of thiocarbonyl (C=S) groups is 4. The van der Waals surface area contributed by atoms with Crippen molar-refractivity contribution in [3.8, 4) is 0 Å². The van der Waals surface area contributed by atoms with E-state index in [0.717, 1.165) is 26.2 Å². The molecule has 14 nitrogen and oxygen atoms in total. The molecule has 0 atom stereocenters. The summed E-state index contributed by atoms with van der Waals surface area (Å²) in [6.45, 7) is 10.9. The first-order chi connectivity index (χ1) is 20.6. The Morgan fingerprint density at radius 1 is 0.512 bits per heavy atom. The summed E-state index contributed by atoms with van der Waals surface area (Å²) in [5.74, 6) is 0. The zero-order valence-electron chi connectivity index (χ0n) is 23.1. The van der Waals surface area contributed by atoms with Gasteiger partial charge >= 0.3 is 25.3 Å². The van der Waals surface area contributed by atoms with Gasteiger partial charge in [-0.2, -0.15) is 30.3 Å². The van der Waals surface area contributed by atoms with Crippen LogP contribution in [0.4, 0.5) is 0 Å². The number of thiol groups is 2. The van der Waals surface area contributed by atoms with E-state index in [0.29, 0.717) is 96.3 Å². The van der Waals surface area contributed by atoms with E-state index in [1.54, 1.807) is 20.5 Å². The van der Waals surface area contributed by atoms with E-state index < -0.39 is 18.5 Å². The molecule has 0 spiro atoms. The fraction of sp³-hybridized carbons (Fsp3) is 0.800. The molecule has 0 aliphatic carbocycles. The van der Waals surface area contributed by atoms with Crippen LogP contribution in [0.3, 0.4) is 0 Å². The SMILES string of the molecule is S=C([S-])N(N1CCOCC1)N(C(=S)S)N1CCOCC1.S=C([S-])N(N1CCOCC1)N(C(=S)S)N1CCOCC1.[O]=[Mo+2]=[O]. The molecule has 23 heteroatoms. The molecule has 0 aromatic rings. The van der Waals surface area contributed by atoms with Crippen molar-refractivity contribution in [1.82, 2.24) is 40.5 Å². The van der Waals surface area contributed by atoms with Crippen LogP contribution in [-0.4, -0.2) is 163 Å². The number of hydrogen-bond donors (Lipinski definition) is 2. The van der Waals surface area contributed by atoms with Crippen LogP contribution in [0.2, 0.25) is 0 Å². The summed E-state index contributed by atoms with van der Waals surface area (Å²) in [4.78, 5) is 0. The third-order valence-electron chi connectivity index (χ3n) is 6.05. The molecule has 4 rings (SSSR count). The second-order valence-electron chi connectivity index (χ2n) is 8.59. The first kappa shape index (κ1) is 39.8. The van der Waals surface area contributed by atoms with Crippen LogP contribution in [0.15, 0.2) is 0 Å². The topological polar surface area (TPSA) is 97.0 Å². The molecule has 4 aliphatic rings. The van der Waals surface area contributed by atoms with Crippen molar-refractivity contribution in [2.24, 2.45) is 0 Å². The molecule has 0 radical (unpaired) electrons. The summed E-state index contributed by atoms with van der Waals surface area (Å²) >= 11 is 38.1. The monoisotopic (exact) mass is 836 g/mol. The van der Waals surface area contributed by atoms with Crippen LogP contribution in [-0.2, 0) is 69.5 Å². The van der Waals surface area contributed by atoms with Crippen molar-refractivity contribution in [2.75, 3.05) is 105 Å². The first-order valence-electron chi connectivity index (χ1n) is 12.9. The summed E-state index contributed by atoms with van der Waals surface area (Å²) in [5.41, 5.74) is 0. The van der Waals surface area contributed by atoms with Crippen molar-refractivity contribution < 1.29 is 44.2 Å². The molecular formula is C20H34MoN8O6S8. The van der Waals surface area contributed by atoms with Gasteiger partial charge in [0.15, 0.2) is 8.64 Å². The van der Waals surface area contributed by atoms with Gasteiger partial charge in [0.2, 0.25) is 0 Å². The van der Waals surface area contributed by atoms with Gasteiger partial charge in [-0.25, -0.2) is 10.2 Å². The summed E-state index contributed by atoms with van der Waals surface area (Å²) in [6.07, 6.45) is 0. The van der Waals surface area contributed by atoms with Gasteiger partial charge in [0.1, 0.15) is 0 Å². The van der Waals surface area contributed by atoms with Crippen molar-refractivity contribution in [1.29, 1.82) is 0 Å². The van der Waals surface area contributed by atoms with Crippen LogP contribution < -0.4 is 0 Å². The van der Waals surface area contributed by atoms with Crippen molar-refractivity contribution in [3.63, 3.8) is 0 Å².